The molecule has 1 heterocycles. The molecular formula is C15H25ClN2O. The van der Waals surface area contributed by atoms with E-state index < -0.39 is 0 Å². The second kappa shape index (κ2) is 6.27. The van der Waals surface area contributed by atoms with E-state index in [1.165, 1.54) is 12.8 Å². The van der Waals surface area contributed by atoms with Gasteiger partial charge in [0.15, 0.2) is 0 Å². The Kier molecular flexibility index (Phi) is 4.91. The zero-order chi connectivity index (χ0) is 14.0. The number of aliphatic hydroxyl groups is 1. The van der Waals surface area contributed by atoms with Gasteiger partial charge < -0.3 is 5.11 Å². The van der Waals surface area contributed by atoms with Crippen molar-refractivity contribution in [1.29, 1.82) is 0 Å². The lowest BCUT2D eigenvalue weighted by atomic mass is 9.78. The van der Waals surface area contributed by atoms with Crippen LogP contribution >= 0.6 is 11.6 Å². The molecule has 1 N–H and O–H groups in total. The van der Waals surface area contributed by atoms with Gasteiger partial charge in [-0.05, 0) is 31.1 Å². The predicted octanol–water partition coefficient (Wildman–Crippen LogP) is 3.37. The summed E-state index contributed by atoms with van der Waals surface area (Å²) in [5.41, 5.74) is 1.91. The average molecular weight is 285 g/mol. The highest BCUT2D eigenvalue weighted by molar-refractivity contribution is 6.31. The molecule has 0 bridgehead atoms. The summed E-state index contributed by atoms with van der Waals surface area (Å²) in [5, 5.41) is 15.6. The molecule has 108 valence electrons. The number of rotatable bonds is 4. The van der Waals surface area contributed by atoms with Crippen LogP contribution in [0.15, 0.2) is 0 Å². The molecule has 1 fully saturated rings. The highest BCUT2D eigenvalue weighted by Gasteiger charge is 2.27. The molecule has 1 aromatic rings. The molecule has 0 radical (unpaired) electrons. The van der Waals surface area contributed by atoms with Crippen LogP contribution in [0.4, 0.5) is 0 Å². The lowest BCUT2D eigenvalue weighted by molar-refractivity contribution is 0.0705. The molecule has 19 heavy (non-hydrogen) atoms. The number of aliphatic hydroxyl groups excluding tert-OH is 1. The van der Waals surface area contributed by atoms with Crippen molar-refractivity contribution in [2.45, 2.75) is 58.5 Å². The van der Waals surface area contributed by atoms with Crippen LogP contribution < -0.4 is 0 Å². The Balaban J connectivity index is 2.06. The highest BCUT2D eigenvalue weighted by atomic mass is 35.5. The molecule has 0 aromatic carbocycles. The fourth-order valence-corrected chi connectivity index (χ4v) is 3.61. The lowest BCUT2D eigenvalue weighted by Gasteiger charge is -2.30. The largest absolute Gasteiger partial charge is 0.392 e. The fourth-order valence-electron chi connectivity index (χ4n) is 3.24. The summed E-state index contributed by atoms with van der Waals surface area (Å²) in [6, 6.07) is 0. The molecule has 3 atom stereocenters. The molecule has 0 aliphatic heterocycles. The van der Waals surface area contributed by atoms with Gasteiger partial charge in [-0.25, -0.2) is 0 Å². The first-order chi connectivity index (χ1) is 9.02. The molecular weight excluding hydrogens is 260 g/mol. The minimum atomic E-state index is -0.291. The Hall–Kier alpha value is -0.540. The summed E-state index contributed by atoms with van der Waals surface area (Å²) in [6.07, 6.45) is 5.99. The molecule has 4 heteroatoms. The third-order valence-corrected chi connectivity index (χ3v) is 4.86. The van der Waals surface area contributed by atoms with Gasteiger partial charge in [-0.2, -0.15) is 5.10 Å². The molecule has 3 nitrogen and oxygen atoms in total. The van der Waals surface area contributed by atoms with Gasteiger partial charge in [0.25, 0.3) is 0 Å². The average Bonchev–Trinajstić information content (AvgIpc) is 2.66. The van der Waals surface area contributed by atoms with Crippen LogP contribution in [0.3, 0.4) is 0 Å². The first-order valence-corrected chi connectivity index (χ1v) is 7.79. The van der Waals surface area contributed by atoms with E-state index in [4.69, 9.17) is 11.6 Å². The topological polar surface area (TPSA) is 38.0 Å². The van der Waals surface area contributed by atoms with Gasteiger partial charge in [0.1, 0.15) is 0 Å². The summed E-state index contributed by atoms with van der Waals surface area (Å²) in [7, 11) is 1.91. The Morgan fingerprint density at radius 2 is 2.21 bits per heavy atom. The van der Waals surface area contributed by atoms with Gasteiger partial charge >= 0.3 is 0 Å². The SMILES string of the molecule is CCc1nn(C)c(CC(O)C2CCCC(C)C2)c1Cl. The number of hydrogen-bond acceptors (Lipinski definition) is 2. The minimum Gasteiger partial charge on any atom is -0.392 e. The zero-order valence-corrected chi connectivity index (χ0v) is 13.0. The molecule has 1 aliphatic rings. The number of aromatic nitrogens is 2. The van der Waals surface area contributed by atoms with E-state index in [0.29, 0.717) is 12.3 Å². The summed E-state index contributed by atoms with van der Waals surface area (Å²) in [4.78, 5) is 0. The lowest BCUT2D eigenvalue weighted by Crippen LogP contribution is -2.28. The standard InChI is InChI=1S/C15H25ClN2O/c1-4-12-15(16)13(18(3)17-12)9-14(19)11-7-5-6-10(2)8-11/h10-11,14,19H,4-9H2,1-3H3. The maximum absolute atomic E-state index is 10.5. The van der Waals surface area contributed by atoms with Crippen molar-refractivity contribution in [2.75, 3.05) is 0 Å². The summed E-state index contributed by atoms with van der Waals surface area (Å²) in [5.74, 6) is 1.15. The first-order valence-electron chi connectivity index (χ1n) is 7.41. The molecule has 1 aliphatic carbocycles. The van der Waals surface area contributed by atoms with Crippen LogP contribution in [0.1, 0.15) is 50.9 Å². The monoisotopic (exact) mass is 284 g/mol. The van der Waals surface area contributed by atoms with E-state index >= 15 is 0 Å². The summed E-state index contributed by atoms with van der Waals surface area (Å²) < 4.78 is 1.83. The van der Waals surface area contributed by atoms with Crippen molar-refractivity contribution in [3.8, 4) is 0 Å². The summed E-state index contributed by atoms with van der Waals surface area (Å²) in [6.45, 7) is 4.34. The first kappa shape index (κ1) is 14.9. The second-order valence-electron chi connectivity index (χ2n) is 5.99. The molecule has 3 unspecified atom stereocenters. The Morgan fingerprint density at radius 3 is 2.79 bits per heavy atom. The zero-order valence-electron chi connectivity index (χ0n) is 12.2. The number of nitrogens with zero attached hydrogens (tertiary/aromatic N) is 2. The molecule has 2 rings (SSSR count). The van der Waals surface area contributed by atoms with E-state index in [0.717, 1.165) is 41.6 Å². The highest BCUT2D eigenvalue weighted by Crippen LogP contribution is 2.33. The minimum absolute atomic E-state index is 0.291. The van der Waals surface area contributed by atoms with Gasteiger partial charge in [0.05, 0.1) is 22.5 Å². The molecule has 0 amide bonds. The number of halogens is 1. The smallest absolute Gasteiger partial charge is 0.0850 e. The third-order valence-electron chi connectivity index (χ3n) is 4.43. The van der Waals surface area contributed by atoms with Crippen LogP contribution in [0.2, 0.25) is 5.02 Å². The van der Waals surface area contributed by atoms with E-state index in [1.54, 1.807) is 0 Å². The van der Waals surface area contributed by atoms with E-state index in [1.807, 2.05) is 11.7 Å². The van der Waals surface area contributed by atoms with Gasteiger partial charge in [-0.15, -0.1) is 0 Å². The fraction of sp³-hybridized carbons (Fsp3) is 0.800. The normalized spacial score (nSPS) is 25.5. The van der Waals surface area contributed by atoms with E-state index in [9.17, 15) is 5.11 Å². The predicted molar refractivity (Wildman–Crippen MR) is 78.4 cm³/mol. The number of aryl methyl sites for hydroxylation is 2. The molecule has 1 saturated carbocycles. The summed E-state index contributed by atoms with van der Waals surface area (Å²) >= 11 is 6.35. The Labute approximate surface area is 121 Å². The Morgan fingerprint density at radius 1 is 1.47 bits per heavy atom. The van der Waals surface area contributed by atoms with Crippen LogP contribution in [0.25, 0.3) is 0 Å². The molecule has 1 aromatic heterocycles. The van der Waals surface area contributed by atoms with Crippen molar-refractivity contribution in [2.24, 2.45) is 18.9 Å². The molecule has 0 saturated heterocycles. The number of hydrogen-bond donors (Lipinski definition) is 1. The third kappa shape index (κ3) is 3.32. The van der Waals surface area contributed by atoms with Crippen molar-refractivity contribution in [3.63, 3.8) is 0 Å². The van der Waals surface area contributed by atoms with Crippen LogP contribution in [0.5, 0.6) is 0 Å². The van der Waals surface area contributed by atoms with E-state index in [-0.39, 0.29) is 6.10 Å². The van der Waals surface area contributed by atoms with Crippen molar-refractivity contribution >= 4 is 11.6 Å². The maximum Gasteiger partial charge on any atom is 0.0850 e. The van der Waals surface area contributed by atoms with Crippen molar-refractivity contribution < 1.29 is 5.11 Å². The van der Waals surface area contributed by atoms with Crippen LogP contribution in [0, 0.1) is 11.8 Å². The molecule has 0 spiro atoms. The van der Waals surface area contributed by atoms with Crippen molar-refractivity contribution in [3.05, 3.63) is 16.4 Å². The second-order valence-corrected chi connectivity index (χ2v) is 6.37. The van der Waals surface area contributed by atoms with E-state index in [2.05, 4.69) is 18.9 Å². The van der Waals surface area contributed by atoms with Gasteiger partial charge in [0.2, 0.25) is 0 Å². The Bertz CT molecular complexity index is 430. The van der Waals surface area contributed by atoms with Crippen molar-refractivity contribution in [1.82, 2.24) is 9.78 Å². The maximum atomic E-state index is 10.5. The van der Waals surface area contributed by atoms with Gasteiger partial charge in [-0.3, -0.25) is 4.68 Å². The van der Waals surface area contributed by atoms with Gasteiger partial charge in [-0.1, -0.05) is 38.3 Å². The van der Waals surface area contributed by atoms with Gasteiger partial charge in [0, 0.05) is 13.5 Å². The quantitative estimate of drug-likeness (QED) is 0.921. The van der Waals surface area contributed by atoms with Crippen LogP contribution in [-0.4, -0.2) is 21.0 Å². The van der Waals surface area contributed by atoms with Crippen LogP contribution in [-0.2, 0) is 19.9 Å².